The number of anilines is 1. The predicted molar refractivity (Wildman–Crippen MR) is 107 cm³/mol. The zero-order valence-corrected chi connectivity index (χ0v) is 16.9. The normalized spacial score (nSPS) is 20.7. The van der Waals surface area contributed by atoms with Crippen molar-refractivity contribution >= 4 is 45.5 Å². The topological polar surface area (TPSA) is 67.8 Å². The Kier molecular flexibility index (Phi) is 4.97. The van der Waals surface area contributed by atoms with Gasteiger partial charge in [0.2, 0.25) is 5.91 Å². The molecule has 0 spiro atoms. The van der Waals surface area contributed by atoms with E-state index in [9.17, 15) is 14.0 Å². The monoisotopic (exact) mass is 420 g/mol. The summed E-state index contributed by atoms with van der Waals surface area (Å²) in [6, 6.07) is 3.76. The smallest absolute Gasteiger partial charge is 0.309 e. The number of carbonyl (C=O) groups excluding carboxylic acids is 2. The first-order valence-corrected chi connectivity index (χ1v) is 10.2. The van der Waals surface area contributed by atoms with Gasteiger partial charge in [-0.3, -0.25) is 14.6 Å². The van der Waals surface area contributed by atoms with Crippen molar-refractivity contribution in [3.05, 3.63) is 50.6 Å². The van der Waals surface area contributed by atoms with Gasteiger partial charge in [-0.05, 0) is 44.4 Å². The zero-order chi connectivity index (χ0) is 20.0. The number of aliphatic imine (C=N–C) groups is 1. The van der Waals surface area contributed by atoms with Crippen molar-refractivity contribution < 1.29 is 18.7 Å². The van der Waals surface area contributed by atoms with Crippen molar-refractivity contribution in [2.24, 2.45) is 10.9 Å². The van der Waals surface area contributed by atoms with E-state index in [4.69, 9.17) is 16.3 Å². The molecule has 4 rings (SSSR count). The summed E-state index contributed by atoms with van der Waals surface area (Å²) in [6.45, 7) is 3.75. The molecule has 2 aliphatic rings. The molecule has 1 aromatic heterocycles. The van der Waals surface area contributed by atoms with Crippen LogP contribution in [0.4, 0.5) is 9.39 Å². The summed E-state index contributed by atoms with van der Waals surface area (Å²) >= 11 is 7.72. The van der Waals surface area contributed by atoms with Crippen LogP contribution in [0.2, 0.25) is 5.02 Å². The molecule has 1 aliphatic carbocycles. The molecule has 0 radical (unpaired) electrons. The number of hydrogen-bond acceptors (Lipinski definition) is 5. The summed E-state index contributed by atoms with van der Waals surface area (Å²) in [5.74, 6) is -1.28. The number of carbonyl (C=O) groups is 2. The van der Waals surface area contributed by atoms with Crippen molar-refractivity contribution in [1.29, 1.82) is 0 Å². The number of nitrogens with one attached hydrogen (secondary N) is 1. The van der Waals surface area contributed by atoms with Crippen LogP contribution >= 0.6 is 22.9 Å². The third-order valence-electron chi connectivity index (χ3n) is 4.97. The van der Waals surface area contributed by atoms with E-state index in [1.54, 1.807) is 19.9 Å². The fourth-order valence-corrected chi connectivity index (χ4v) is 5.21. The molecule has 0 bridgehead atoms. The van der Waals surface area contributed by atoms with Crippen LogP contribution in [-0.2, 0) is 27.2 Å². The fourth-order valence-electron chi connectivity index (χ4n) is 3.65. The van der Waals surface area contributed by atoms with E-state index < -0.39 is 11.9 Å². The maximum Gasteiger partial charge on any atom is 0.309 e. The minimum Gasteiger partial charge on any atom is -0.466 e. The fraction of sp³-hybridized carbons (Fsp3) is 0.350. The van der Waals surface area contributed by atoms with Crippen molar-refractivity contribution in [2.75, 3.05) is 11.9 Å². The van der Waals surface area contributed by atoms with Crippen LogP contribution in [0.3, 0.4) is 0 Å². The van der Waals surface area contributed by atoms with Gasteiger partial charge in [-0.1, -0.05) is 17.7 Å². The third kappa shape index (κ3) is 3.12. The number of esters is 1. The Morgan fingerprint density at radius 3 is 2.89 bits per heavy atom. The number of nitrogens with zero attached hydrogens (tertiary/aromatic N) is 1. The lowest BCUT2D eigenvalue weighted by atomic mass is 9.97. The number of halogens is 2. The number of thiophene rings is 1. The number of fused-ring (bicyclic) bond motifs is 3. The first-order chi connectivity index (χ1) is 13.4. The summed E-state index contributed by atoms with van der Waals surface area (Å²) in [6.07, 6.45) is 1.00. The van der Waals surface area contributed by atoms with Gasteiger partial charge in [-0.25, -0.2) is 4.39 Å². The summed E-state index contributed by atoms with van der Waals surface area (Å²) in [5, 5.41) is 3.75. The number of amides is 1. The molecule has 1 amide bonds. The van der Waals surface area contributed by atoms with Gasteiger partial charge in [0.05, 0.1) is 28.8 Å². The lowest BCUT2D eigenvalue weighted by molar-refractivity contribution is -0.147. The molecule has 0 saturated carbocycles. The molecule has 28 heavy (non-hydrogen) atoms. The van der Waals surface area contributed by atoms with Gasteiger partial charge in [-0.15, -0.1) is 11.3 Å². The molecule has 8 heteroatoms. The van der Waals surface area contributed by atoms with Gasteiger partial charge in [0, 0.05) is 10.4 Å². The van der Waals surface area contributed by atoms with Gasteiger partial charge >= 0.3 is 5.97 Å². The minimum absolute atomic E-state index is 0.175. The van der Waals surface area contributed by atoms with Gasteiger partial charge in [-0.2, -0.15) is 0 Å². The van der Waals surface area contributed by atoms with Crippen LogP contribution < -0.4 is 5.32 Å². The lowest BCUT2D eigenvalue weighted by Crippen LogP contribution is -2.22. The molecule has 1 aromatic carbocycles. The van der Waals surface area contributed by atoms with Crippen LogP contribution in [0.25, 0.3) is 0 Å². The Hall–Kier alpha value is -2.25. The summed E-state index contributed by atoms with van der Waals surface area (Å²) in [5.41, 5.74) is 2.10. The Balaban J connectivity index is 1.86. The third-order valence-corrected chi connectivity index (χ3v) is 6.45. The van der Waals surface area contributed by atoms with E-state index in [0.717, 1.165) is 10.4 Å². The summed E-state index contributed by atoms with van der Waals surface area (Å²) in [4.78, 5) is 30.1. The molecule has 1 unspecified atom stereocenters. The number of rotatable bonds is 3. The van der Waals surface area contributed by atoms with E-state index >= 15 is 0 Å². The Labute approximate surface area is 170 Å². The maximum absolute atomic E-state index is 14.7. The Bertz CT molecular complexity index is 997. The highest BCUT2D eigenvalue weighted by atomic mass is 35.5. The first-order valence-electron chi connectivity index (χ1n) is 9.05. The van der Waals surface area contributed by atoms with E-state index in [-0.39, 0.29) is 28.4 Å². The van der Waals surface area contributed by atoms with E-state index in [0.29, 0.717) is 35.7 Å². The molecular formula is C20H18ClFN2O3S. The summed E-state index contributed by atoms with van der Waals surface area (Å²) < 4.78 is 19.9. The van der Waals surface area contributed by atoms with E-state index in [2.05, 4.69) is 10.3 Å². The van der Waals surface area contributed by atoms with Crippen LogP contribution in [-0.4, -0.2) is 30.2 Å². The number of benzene rings is 1. The number of ether oxygens (including phenoxy) is 1. The first kappa shape index (κ1) is 19.1. The Morgan fingerprint density at radius 1 is 1.39 bits per heavy atom. The van der Waals surface area contributed by atoms with Crippen molar-refractivity contribution in [3.63, 3.8) is 0 Å². The molecule has 1 N–H and O–H groups in total. The average molecular weight is 421 g/mol. The zero-order valence-electron chi connectivity index (χ0n) is 15.3. The van der Waals surface area contributed by atoms with Crippen molar-refractivity contribution in [3.8, 4) is 0 Å². The lowest BCUT2D eigenvalue weighted by Gasteiger charge is -2.13. The number of hydrogen-bond donors (Lipinski definition) is 1. The highest BCUT2D eigenvalue weighted by Crippen LogP contribution is 2.44. The SMILES string of the molecule is CCOC(=O)C1Cc2sc3c(c2C1)C(c1c(F)cccc1Cl)=N[C@@H](C)C(=O)N3. The molecule has 2 heterocycles. The average Bonchev–Trinajstić information content (AvgIpc) is 3.15. The molecule has 2 aromatic rings. The van der Waals surface area contributed by atoms with Crippen LogP contribution in [0.1, 0.15) is 35.4 Å². The second kappa shape index (κ2) is 7.29. The molecule has 2 atom stereocenters. The standard InChI is InChI=1S/C20H18ClFN2O3S/c1-3-27-20(26)10-7-11-14(8-10)28-19-15(11)17(23-9(2)18(25)24-19)16-12(21)5-4-6-13(16)22/h4-6,9-10H,3,7-8H2,1-2H3,(H,24,25)/t9-,10?/m0/s1. The van der Waals surface area contributed by atoms with Crippen LogP contribution in [0.15, 0.2) is 23.2 Å². The van der Waals surface area contributed by atoms with Gasteiger partial charge in [0.25, 0.3) is 0 Å². The predicted octanol–water partition coefficient (Wildman–Crippen LogP) is 4.00. The maximum atomic E-state index is 14.7. The molecule has 5 nitrogen and oxygen atoms in total. The highest BCUT2D eigenvalue weighted by molar-refractivity contribution is 7.17. The van der Waals surface area contributed by atoms with Gasteiger partial charge in [0.15, 0.2) is 0 Å². The molecule has 146 valence electrons. The van der Waals surface area contributed by atoms with Crippen molar-refractivity contribution in [2.45, 2.75) is 32.7 Å². The summed E-state index contributed by atoms with van der Waals surface area (Å²) in [7, 11) is 0. The van der Waals surface area contributed by atoms with E-state index in [1.807, 2.05) is 0 Å². The van der Waals surface area contributed by atoms with Crippen molar-refractivity contribution in [1.82, 2.24) is 0 Å². The van der Waals surface area contributed by atoms with Gasteiger partial charge in [0.1, 0.15) is 16.9 Å². The quantitative estimate of drug-likeness (QED) is 0.763. The second-order valence-corrected chi connectivity index (χ2v) is 8.32. The molecular weight excluding hydrogens is 403 g/mol. The molecule has 0 saturated heterocycles. The van der Waals surface area contributed by atoms with E-state index in [1.165, 1.54) is 23.5 Å². The Morgan fingerprint density at radius 2 is 2.18 bits per heavy atom. The minimum atomic E-state index is -0.692. The highest BCUT2D eigenvalue weighted by Gasteiger charge is 2.37. The largest absolute Gasteiger partial charge is 0.466 e. The van der Waals surface area contributed by atoms with Crippen LogP contribution in [0.5, 0.6) is 0 Å². The molecule has 1 aliphatic heterocycles. The molecule has 0 fully saturated rings. The van der Waals surface area contributed by atoms with Crippen LogP contribution in [0, 0.1) is 11.7 Å². The second-order valence-electron chi connectivity index (χ2n) is 6.80. The van der Waals surface area contributed by atoms with Gasteiger partial charge < -0.3 is 10.1 Å².